The zero-order valence-corrected chi connectivity index (χ0v) is 15.2. The first-order valence-electron chi connectivity index (χ1n) is 8.37. The van der Waals surface area contributed by atoms with Crippen LogP contribution in [0.4, 0.5) is 17.2 Å². The van der Waals surface area contributed by atoms with Crippen molar-refractivity contribution >= 4 is 23.1 Å². The maximum atomic E-state index is 11.8. The number of nitrogens with zero attached hydrogens (tertiary/aromatic N) is 1. The number of hydrogen-bond donors (Lipinski definition) is 2. The van der Waals surface area contributed by atoms with Gasteiger partial charge in [0.2, 0.25) is 5.91 Å². The normalized spacial score (nSPS) is 11.4. The smallest absolute Gasteiger partial charge is 0.224 e. The summed E-state index contributed by atoms with van der Waals surface area (Å²) in [5.74, 6) is 1.11. The lowest BCUT2D eigenvalue weighted by Gasteiger charge is -2.19. The van der Waals surface area contributed by atoms with Crippen LogP contribution in [0.15, 0.2) is 42.6 Å². The van der Waals surface area contributed by atoms with E-state index in [0.717, 1.165) is 11.5 Å². The number of pyridine rings is 1. The zero-order valence-electron chi connectivity index (χ0n) is 15.2. The molecule has 2 rings (SSSR count). The first kappa shape index (κ1) is 18.0. The molecule has 24 heavy (non-hydrogen) atoms. The summed E-state index contributed by atoms with van der Waals surface area (Å²) in [6.07, 6.45) is 2.18. The molecule has 0 fully saturated rings. The van der Waals surface area contributed by atoms with Crippen molar-refractivity contribution in [1.82, 2.24) is 4.98 Å². The van der Waals surface area contributed by atoms with Crippen LogP contribution < -0.4 is 10.6 Å². The molecule has 0 atom stereocenters. The molecule has 0 radical (unpaired) electrons. The van der Waals surface area contributed by atoms with E-state index in [1.54, 1.807) is 6.20 Å². The van der Waals surface area contributed by atoms with Crippen LogP contribution in [0.1, 0.15) is 46.6 Å². The second-order valence-corrected chi connectivity index (χ2v) is 7.53. The first-order valence-corrected chi connectivity index (χ1v) is 8.37. The van der Waals surface area contributed by atoms with E-state index in [2.05, 4.69) is 60.7 Å². The third-order valence-electron chi connectivity index (χ3n) is 3.66. The van der Waals surface area contributed by atoms with Crippen LogP contribution in [0.25, 0.3) is 0 Å². The molecule has 1 aromatic carbocycles. The maximum Gasteiger partial charge on any atom is 0.224 e. The summed E-state index contributed by atoms with van der Waals surface area (Å²) in [6.45, 7) is 10.6. The number of aromatic nitrogens is 1. The van der Waals surface area contributed by atoms with Gasteiger partial charge < -0.3 is 10.6 Å². The Morgan fingerprint density at radius 1 is 1.04 bits per heavy atom. The summed E-state index contributed by atoms with van der Waals surface area (Å²) >= 11 is 0. The van der Waals surface area contributed by atoms with Gasteiger partial charge in [-0.1, -0.05) is 46.8 Å². The molecule has 0 saturated heterocycles. The lowest BCUT2D eigenvalue weighted by Crippen LogP contribution is -2.14. The zero-order chi connectivity index (χ0) is 17.7. The minimum Gasteiger partial charge on any atom is -0.340 e. The predicted octanol–water partition coefficient (Wildman–Crippen LogP) is 5.11. The number of rotatable bonds is 5. The van der Waals surface area contributed by atoms with Crippen molar-refractivity contribution in [1.29, 1.82) is 0 Å². The molecule has 0 bridgehead atoms. The van der Waals surface area contributed by atoms with Crippen LogP contribution in [0, 0.1) is 5.92 Å². The predicted molar refractivity (Wildman–Crippen MR) is 101 cm³/mol. The highest BCUT2D eigenvalue weighted by Crippen LogP contribution is 2.24. The fourth-order valence-electron chi connectivity index (χ4n) is 2.33. The summed E-state index contributed by atoms with van der Waals surface area (Å²) in [5, 5.41) is 6.13. The lowest BCUT2D eigenvalue weighted by atomic mass is 9.87. The molecule has 1 amide bonds. The minimum absolute atomic E-state index is 0.0188. The van der Waals surface area contributed by atoms with Crippen molar-refractivity contribution in [2.24, 2.45) is 5.92 Å². The van der Waals surface area contributed by atoms with Crippen LogP contribution in [0.3, 0.4) is 0 Å². The van der Waals surface area contributed by atoms with Gasteiger partial charge >= 0.3 is 0 Å². The molecule has 1 heterocycles. The molecule has 0 spiro atoms. The van der Waals surface area contributed by atoms with Gasteiger partial charge in [0.25, 0.3) is 0 Å². The Labute approximate surface area is 144 Å². The molecule has 0 aliphatic heterocycles. The average molecular weight is 325 g/mol. The van der Waals surface area contributed by atoms with Crippen molar-refractivity contribution in [2.45, 2.75) is 46.5 Å². The SMILES string of the molecule is CC(C)CC(=O)Nc1ccc(Nc2ccc(C(C)(C)C)cc2)nc1. The van der Waals surface area contributed by atoms with Crippen molar-refractivity contribution in [3.8, 4) is 0 Å². The number of amides is 1. The molecule has 0 unspecified atom stereocenters. The van der Waals surface area contributed by atoms with E-state index in [1.807, 2.05) is 26.0 Å². The number of benzene rings is 1. The van der Waals surface area contributed by atoms with Crippen molar-refractivity contribution < 1.29 is 4.79 Å². The van der Waals surface area contributed by atoms with Gasteiger partial charge in [0, 0.05) is 12.1 Å². The minimum atomic E-state index is 0.0188. The molecule has 0 aliphatic carbocycles. The Morgan fingerprint density at radius 3 is 2.17 bits per heavy atom. The Balaban J connectivity index is 1.97. The van der Waals surface area contributed by atoms with Gasteiger partial charge in [0.1, 0.15) is 5.82 Å². The van der Waals surface area contributed by atoms with Crippen molar-refractivity contribution in [2.75, 3.05) is 10.6 Å². The topological polar surface area (TPSA) is 54.0 Å². The maximum absolute atomic E-state index is 11.8. The summed E-state index contributed by atoms with van der Waals surface area (Å²) in [7, 11) is 0. The Bertz CT molecular complexity index is 668. The van der Waals surface area contributed by atoms with Gasteiger partial charge in [-0.25, -0.2) is 4.98 Å². The second-order valence-electron chi connectivity index (χ2n) is 7.53. The average Bonchev–Trinajstić information content (AvgIpc) is 2.48. The molecule has 1 aromatic heterocycles. The number of hydrogen-bond acceptors (Lipinski definition) is 3. The number of carbonyl (C=O) groups is 1. The Morgan fingerprint density at radius 2 is 1.67 bits per heavy atom. The largest absolute Gasteiger partial charge is 0.340 e. The summed E-state index contributed by atoms with van der Waals surface area (Å²) in [4.78, 5) is 16.1. The van der Waals surface area contributed by atoms with Crippen LogP contribution in [0.5, 0.6) is 0 Å². The molecule has 4 heteroatoms. The molecule has 4 nitrogen and oxygen atoms in total. The highest BCUT2D eigenvalue weighted by Gasteiger charge is 2.12. The van der Waals surface area contributed by atoms with E-state index < -0.39 is 0 Å². The quantitative estimate of drug-likeness (QED) is 0.803. The molecular formula is C20H27N3O. The van der Waals surface area contributed by atoms with Gasteiger partial charge in [-0.3, -0.25) is 4.79 Å². The fourth-order valence-corrected chi connectivity index (χ4v) is 2.33. The fraction of sp³-hybridized carbons (Fsp3) is 0.400. The van der Waals surface area contributed by atoms with E-state index in [-0.39, 0.29) is 11.3 Å². The van der Waals surface area contributed by atoms with E-state index in [0.29, 0.717) is 18.0 Å². The van der Waals surface area contributed by atoms with Gasteiger partial charge in [-0.05, 0) is 41.2 Å². The summed E-state index contributed by atoms with van der Waals surface area (Å²) in [5.41, 5.74) is 3.15. The van der Waals surface area contributed by atoms with Gasteiger partial charge in [-0.2, -0.15) is 0 Å². The second kappa shape index (κ2) is 7.47. The molecular weight excluding hydrogens is 298 g/mol. The molecule has 2 N–H and O–H groups in total. The molecule has 0 saturated carbocycles. The van der Waals surface area contributed by atoms with E-state index >= 15 is 0 Å². The third kappa shape index (κ3) is 5.37. The van der Waals surface area contributed by atoms with E-state index in [1.165, 1.54) is 5.56 Å². The Hall–Kier alpha value is -2.36. The van der Waals surface area contributed by atoms with Gasteiger partial charge in [0.15, 0.2) is 0 Å². The number of carbonyl (C=O) groups excluding carboxylic acids is 1. The van der Waals surface area contributed by atoms with Crippen LogP contribution in [0.2, 0.25) is 0 Å². The van der Waals surface area contributed by atoms with Crippen LogP contribution in [-0.4, -0.2) is 10.9 Å². The highest BCUT2D eigenvalue weighted by molar-refractivity contribution is 5.90. The Kier molecular flexibility index (Phi) is 5.60. The van der Waals surface area contributed by atoms with E-state index in [4.69, 9.17) is 0 Å². The van der Waals surface area contributed by atoms with Gasteiger partial charge in [0.05, 0.1) is 11.9 Å². The van der Waals surface area contributed by atoms with Crippen molar-refractivity contribution in [3.05, 3.63) is 48.2 Å². The monoisotopic (exact) mass is 325 g/mol. The number of nitrogens with one attached hydrogen (secondary N) is 2. The molecule has 0 aliphatic rings. The first-order chi connectivity index (χ1) is 11.2. The third-order valence-corrected chi connectivity index (χ3v) is 3.66. The van der Waals surface area contributed by atoms with Gasteiger partial charge in [-0.15, -0.1) is 0 Å². The standard InChI is InChI=1S/C20H27N3O/c1-14(2)12-19(24)23-17-10-11-18(21-13-17)22-16-8-6-15(7-9-16)20(3,4)5/h6-11,13-14H,12H2,1-5H3,(H,21,22)(H,23,24). The van der Waals surface area contributed by atoms with Crippen LogP contribution >= 0.6 is 0 Å². The van der Waals surface area contributed by atoms with Crippen molar-refractivity contribution in [3.63, 3.8) is 0 Å². The van der Waals surface area contributed by atoms with E-state index in [9.17, 15) is 4.79 Å². The molecule has 128 valence electrons. The molecule has 2 aromatic rings. The summed E-state index contributed by atoms with van der Waals surface area (Å²) in [6, 6.07) is 12.1. The lowest BCUT2D eigenvalue weighted by molar-refractivity contribution is -0.116. The number of anilines is 3. The summed E-state index contributed by atoms with van der Waals surface area (Å²) < 4.78 is 0. The highest BCUT2D eigenvalue weighted by atomic mass is 16.1. The van der Waals surface area contributed by atoms with Crippen LogP contribution in [-0.2, 0) is 10.2 Å².